The summed E-state index contributed by atoms with van der Waals surface area (Å²) in [5, 5.41) is 10.7. The fraction of sp³-hybridized carbons (Fsp3) is 0.300. The first-order valence-electron chi connectivity index (χ1n) is 4.90. The lowest BCUT2D eigenvalue weighted by Crippen LogP contribution is -2.23. The maximum atomic E-state index is 11.3. The lowest BCUT2D eigenvalue weighted by Gasteiger charge is -2.13. The van der Waals surface area contributed by atoms with E-state index in [0.717, 1.165) is 0 Å². The van der Waals surface area contributed by atoms with Crippen molar-refractivity contribution in [2.75, 3.05) is 25.2 Å². The average Bonchev–Trinajstić information content (AvgIpc) is 2.74. The highest BCUT2D eigenvalue weighted by atomic mass is 16.6. The van der Waals surface area contributed by atoms with Gasteiger partial charge in [0, 0.05) is 12.1 Å². The molecule has 1 aromatic rings. The van der Waals surface area contributed by atoms with E-state index in [1.54, 1.807) is 0 Å². The Bertz CT molecular complexity index is 474. The molecular formula is C10H10N2O5. The summed E-state index contributed by atoms with van der Waals surface area (Å²) in [7, 11) is 1.34. The number of carbonyl (C=O) groups is 1. The molecule has 7 nitrogen and oxygen atoms in total. The number of nitro groups is 1. The lowest BCUT2D eigenvalue weighted by atomic mass is 10.2. The third-order valence-corrected chi connectivity index (χ3v) is 2.43. The minimum Gasteiger partial charge on any atom is -0.490 e. The van der Waals surface area contributed by atoms with Crippen molar-refractivity contribution in [2.24, 2.45) is 0 Å². The normalized spacial score (nSPS) is 14.6. The summed E-state index contributed by atoms with van der Waals surface area (Å²) in [5.74, 6) is 0.118. The fourth-order valence-corrected chi connectivity index (χ4v) is 1.61. The van der Waals surface area contributed by atoms with Crippen LogP contribution in [0.2, 0.25) is 0 Å². The van der Waals surface area contributed by atoms with Crippen LogP contribution in [0.15, 0.2) is 18.2 Å². The SMILES string of the molecule is COc1cc(N2CCOC2=O)ccc1[N+](=O)[O-]. The van der Waals surface area contributed by atoms with Crippen LogP contribution in [-0.4, -0.2) is 31.3 Å². The molecule has 0 spiro atoms. The van der Waals surface area contributed by atoms with Gasteiger partial charge < -0.3 is 9.47 Å². The fourth-order valence-electron chi connectivity index (χ4n) is 1.61. The Kier molecular flexibility index (Phi) is 2.82. The number of amides is 1. The number of ether oxygens (including phenoxy) is 2. The monoisotopic (exact) mass is 238 g/mol. The number of carbonyl (C=O) groups excluding carboxylic acids is 1. The minimum absolute atomic E-state index is 0.118. The summed E-state index contributed by atoms with van der Waals surface area (Å²) in [6.45, 7) is 0.748. The Morgan fingerprint density at radius 3 is 2.82 bits per heavy atom. The van der Waals surface area contributed by atoms with E-state index in [1.165, 1.54) is 30.2 Å². The predicted molar refractivity (Wildman–Crippen MR) is 58.3 cm³/mol. The van der Waals surface area contributed by atoms with Crippen LogP contribution in [0.3, 0.4) is 0 Å². The third kappa shape index (κ3) is 1.99. The zero-order valence-electron chi connectivity index (χ0n) is 9.08. The summed E-state index contributed by atoms with van der Waals surface area (Å²) in [6, 6.07) is 4.25. The topological polar surface area (TPSA) is 81.9 Å². The second-order valence-electron chi connectivity index (χ2n) is 3.38. The maximum absolute atomic E-state index is 11.3. The van der Waals surface area contributed by atoms with Crippen LogP contribution in [0, 0.1) is 10.1 Å². The van der Waals surface area contributed by atoms with Crippen molar-refractivity contribution in [1.82, 2.24) is 0 Å². The van der Waals surface area contributed by atoms with Crippen LogP contribution in [0.1, 0.15) is 0 Å². The molecule has 0 radical (unpaired) electrons. The Balaban J connectivity index is 2.37. The molecule has 0 aliphatic carbocycles. The van der Waals surface area contributed by atoms with Gasteiger partial charge in [0.05, 0.1) is 24.3 Å². The largest absolute Gasteiger partial charge is 0.490 e. The molecule has 0 saturated carbocycles. The number of rotatable bonds is 3. The van der Waals surface area contributed by atoms with E-state index < -0.39 is 11.0 Å². The quantitative estimate of drug-likeness (QED) is 0.589. The molecule has 7 heteroatoms. The second-order valence-corrected chi connectivity index (χ2v) is 3.38. The number of hydrogen-bond acceptors (Lipinski definition) is 5. The molecule has 90 valence electrons. The molecule has 1 amide bonds. The van der Waals surface area contributed by atoms with Crippen LogP contribution in [-0.2, 0) is 4.74 Å². The van der Waals surface area contributed by atoms with E-state index in [-0.39, 0.29) is 11.4 Å². The van der Waals surface area contributed by atoms with Crippen molar-refractivity contribution in [3.8, 4) is 5.75 Å². The van der Waals surface area contributed by atoms with E-state index >= 15 is 0 Å². The van der Waals surface area contributed by atoms with E-state index in [1.807, 2.05) is 0 Å². The summed E-state index contributed by atoms with van der Waals surface area (Å²) >= 11 is 0. The van der Waals surface area contributed by atoms with Crippen LogP contribution in [0.25, 0.3) is 0 Å². The zero-order valence-corrected chi connectivity index (χ0v) is 9.08. The molecule has 17 heavy (non-hydrogen) atoms. The Morgan fingerprint density at radius 2 is 2.29 bits per heavy atom. The van der Waals surface area contributed by atoms with Gasteiger partial charge in [0.25, 0.3) is 0 Å². The molecule has 1 aliphatic heterocycles. The van der Waals surface area contributed by atoms with Gasteiger partial charge in [-0.3, -0.25) is 15.0 Å². The first kappa shape index (κ1) is 11.2. The number of benzene rings is 1. The molecular weight excluding hydrogens is 228 g/mol. The number of methoxy groups -OCH3 is 1. The Morgan fingerprint density at radius 1 is 1.53 bits per heavy atom. The number of hydrogen-bond donors (Lipinski definition) is 0. The summed E-state index contributed by atoms with van der Waals surface area (Å²) in [6.07, 6.45) is -0.457. The maximum Gasteiger partial charge on any atom is 0.414 e. The van der Waals surface area contributed by atoms with Crippen LogP contribution >= 0.6 is 0 Å². The second kappa shape index (κ2) is 4.28. The average molecular weight is 238 g/mol. The van der Waals surface area contributed by atoms with Crippen LogP contribution in [0.5, 0.6) is 5.75 Å². The molecule has 0 bridgehead atoms. The molecule has 0 N–H and O–H groups in total. The molecule has 1 heterocycles. The highest BCUT2D eigenvalue weighted by Gasteiger charge is 2.25. The molecule has 0 atom stereocenters. The summed E-state index contributed by atoms with van der Waals surface area (Å²) < 4.78 is 9.71. The summed E-state index contributed by atoms with van der Waals surface area (Å²) in [4.78, 5) is 22.9. The molecule has 1 saturated heterocycles. The lowest BCUT2D eigenvalue weighted by molar-refractivity contribution is -0.385. The molecule has 0 unspecified atom stereocenters. The van der Waals surface area contributed by atoms with E-state index in [9.17, 15) is 14.9 Å². The van der Waals surface area contributed by atoms with E-state index in [0.29, 0.717) is 18.8 Å². The highest BCUT2D eigenvalue weighted by molar-refractivity contribution is 5.89. The van der Waals surface area contributed by atoms with E-state index in [4.69, 9.17) is 9.47 Å². The Labute approximate surface area is 96.7 Å². The molecule has 1 aromatic carbocycles. The number of cyclic esters (lactones) is 1. The molecule has 1 aliphatic rings. The number of nitro benzene ring substituents is 1. The highest BCUT2D eigenvalue weighted by Crippen LogP contribution is 2.32. The van der Waals surface area contributed by atoms with Crippen LogP contribution in [0.4, 0.5) is 16.2 Å². The Hall–Kier alpha value is -2.31. The zero-order chi connectivity index (χ0) is 12.4. The molecule has 1 fully saturated rings. The van der Waals surface area contributed by atoms with Gasteiger partial charge in [-0.1, -0.05) is 0 Å². The van der Waals surface area contributed by atoms with Gasteiger partial charge in [-0.2, -0.15) is 0 Å². The van der Waals surface area contributed by atoms with Gasteiger partial charge in [-0.25, -0.2) is 4.79 Å². The van der Waals surface area contributed by atoms with Crippen molar-refractivity contribution in [2.45, 2.75) is 0 Å². The molecule has 0 aromatic heterocycles. The first-order chi connectivity index (χ1) is 8.13. The minimum atomic E-state index is -0.537. The smallest absolute Gasteiger partial charge is 0.414 e. The van der Waals surface area contributed by atoms with Crippen LogP contribution < -0.4 is 9.64 Å². The molecule has 2 rings (SSSR count). The van der Waals surface area contributed by atoms with E-state index in [2.05, 4.69) is 0 Å². The van der Waals surface area contributed by atoms with Crippen molar-refractivity contribution in [1.29, 1.82) is 0 Å². The van der Waals surface area contributed by atoms with Gasteiger partial charge >= 0.3 is 11.8 Å². The van der Waals surface area contributed by atoms with Gasteiger partial charge in [0.1, 0.15) is 6.61 Å². The number of nitrogens with zero attached hydrogens (tertiary/aromatic N) is 2. The van der Waals surface area contributed by atoms with Gasteiger partial charge in [0.15, 0.2) is 5.75 Å². The van der Waals surface area contributed by atoms with Gasteiger partial charge in [0.2, 0.25) is 0 Å². The van der Waals surface area contributed by atoms with Crippen molar-refractivity contribution < 1.29 is 19.2 Å². The summed E-state index contributed by atoms with van der Waals surface area (Å²) in [5.41, 5.74) is 0.388. The third-order valence-electron chi connectivity index (χ3n) is 2.43. The standard InChI is InChI=1S/C10H10N2O5/c1-16-9-6-7(2-3-8(9)12(14)15)11-4-5-17-10(11)13/h2-3,6H,4-5H2,1H3. The predicted octanol–water partition coefficient (Wildman–Crippen LogP) is 1.56. The van der Waals surface area contributed by atoms with Crippen molar-refractivity contribution in [3.05, 3.63) is 28.3 Å². The van der Waals surface area contributed by atoms with Gasteiger partial charge in [-0.15, -0.1) is 0 Å². The number of anilines is 1. The van der Waals surface area contributed by atoms with Gasteiger partial charge in [-0.05, 0) is 6.07 Å². The van der Waals surface area contributed by atoms with Crippen molar-refractivity contribution >= 4 is 17.5 Å². The first-order valence-corrected chi connectivity index (χ1v) is 4.90. The van der Waals surface area contributed by atoms with Crippen molar-refractivity contribution in [3.63, 3.8) is 0 Å².